The Bertz CT molecular complexity index is 585. The summed E-state index contributed by atoms with van der Waals surface area (Å²) in [4.78, 5) is 22.4. The zero-order chi connectivity index (χ0) is 16.5. The molecular weight excluding hydrogens is 324 g/mol. The number of hydrogen-bond acceptors (Lipinski definition) is 5. The lowest BCUT2D eigenvalue weighted by molar-refractivity contribution is -0.204. The summed E-state index contributed by atoms with van der Waals surface area (Å²) in [5.74, 6) is 0.138. The van der Waals surface area contributed by atoms with Gasteiger partial charge < -0.3 is 4.74 Å². The summed E-state index contributed by atoms with van der Waals surface area (Å²) in [5, 5.41) is 3.76. The third-order valence-electron chi connectivity index (χ3n) is 5.53. The van der Waals surface area contributed by atoms with Crippen LogP contribution in [0.2, 0.25) is 0 Å². The summed E-state index contributed by atoms with van der Waals surface area (Å²) in [6.45, 7) is 6.13. The standard InChI is InChI=1S/C18H26N2O3S/c1-13-5-9-24-17(13)12-19-11-14(10-16-15(19)4-8-22-16)18(21)20-6-2-3-7-23-20/h5,9,14-16H,2-4,6-8,10-12H2,1H3/t14-,15+,16+/m1/s1. The van der Waals surface area contributed by atoms with Crippen molar-refractivity contribution in [2.75, 3.05) is 26.3 Å². The average Bonchev–Trinajstić information content (AvgIpc) is 3.24. The highest BCUT2D eigenvalue weighted by Crippen LogP contribution is 2.34. The maximum absolute atomic E-state index is 12.9. The molecule has 24 heavy (non-hydrogen) atoms. The lowest BCUT2D eigenvalue weighted by Crippen LogP contribution is -2.53. The average molecular weight is 350 g/mol. The highest BCUT2D eigenvalue weighted by atomic mass is 32.1. The van der Waals surface area contributed by atoms with Crippen molar-refractivity contribution in [3.8, 4) is 0 Å². The van der Waals surface area contributed by atoms with E-state index >= 15 is 0 Å². The molecule has 3 saturated heterocycles. The van der Waals surface area contributed by atoms with E-state index in [2.05, 4.69) is 23.3 Å². The molecule has 3 fully saturated rings. The van der Waals surface area contributed by atoms with E-state index in [1.165, 1.54) is 10.4 Å². The number of nitrogens with zero attached hydrogens (tertiary/aromatic N) is 2. The van der Waals surface area contributed by atoms with E-state index in [-0.39, 0.29) is 17.9 Å². The quantitative estimate of drug-likeness (QED) is 0.840. The van der Waals surface area contributed by atoms with Gasteiger partial charge in [-0.15, -0.1) is 11.3 Å². The second-order valence-corrected chi connectivity index (χ2v) is 8.14. The van der Waals surface area contributed by atoms with E-state index in [9.17, 15) is 4.79 Å². The minimum atomic E-state index is -0.0114. The molecule has 1 aromatic rings. The fourth-order valence-electron chi connectivity index (χ4n) is 4.14. The molecule has 0 saturated carbocycles. The molecule has 0 unspecified atom stereocenters. The van der Waals surface area contributed by atoms with Gasteiger partial charge in [0.05, 0.1) is 18.6 Å². The van der Waals surface area contributed by atoms with E-state index in [4.69, 9.17) is 9.57 Å². The Balaban J connectivity index is 1.48. The number of hydroxylamine groups is 2. The first-order chi connectivity index (χ1) is 11.7. The highest BCUT2D eigenvalue weighted by Gasteiger charge is 2.43. The van der Waals surface area contributed by atoms with Gasteiger partial charge in [0, 0.05) is 37.2 Å². The van der Waals surface area contributed by atoms with Crippen LogP contribution < -0.4 is 0 Å². The molecule has 1 aromatic heterocycles. The number of ether oxygens (including phenoxy) is 1. The first kappa shape index (κ1) is 16.5. The number of carbonyl (C=O) groups excluding carboxylic acids is 1. The number of hydrogen-bond donors (Lipinski definition) is 0. The Labute approximate surface area is 147 Å². The van der Waals surface area contributed by atoms with E-state index < -0.39 is 0 Å². The Morgan fingerprint density at radius 3 is 3.04 bits per heavy atom. The van der Waals surface area contributed by atoms with Crippen LogP contribution in [0.5, 0.6) is 0 Å². The number of rotatable bonds is 3. The van der Waals surface area contributed by atoms with Crippen molar-refractivity contribution in [3.63, 3.8) is 0 Å². The van der Waals surface area contributed by atoms with Crippen LogP contribution in [0, 0.1) is 12.8 Å². The fraction of sp³-hybridized carbons (Fsp3) is 0.722. The molecule has 3 atom stereocenters. The lowest BCUT2D eigenvalue weighted by Gasteiger charge is -2.41. The molecule has 0 radical (unpaired) electrons. The predicted molar refractivity (Wildman–Crippen MR) is 92.6 cm³/mol. The number of carbonyl (C=O) groups is 1. The van der Waals surface area contributed by atoms with Crippen LogP contribution in [0.15, 0.2) is 11.4 Å². The van der Waals surface area contributed by atoms with Crippen LogP contribution in [-0.2, 0) is 20.9 Å². The number of thiophene rings is 1. The van der Waals surface area contributed by atoms with Crippen molar-refractivity contribution in [2.24, 2.45) is 5.92 Å². The second-order valence-electron chi connectivity index (χ2n) is 7.13. The number of aryl methyl sites for hydroxylation is 1. The number of piperidine rings is 1. The van der Waals surface area contributed by atoms with Gasteiger partial charge in [-0.3, -0.25) is 14.5 Å². The zero-order valence-electron chi connectivity index (χ0n) is 14.3. The van der Waals surface area contributed by atoms with Gasteiger partial charge in [-0.1, -0.05) is 0 Å². The third-order valence-corrected chi connectivity index (χ3v) is 6.54. The number of fused-ring (bicyclic) bond motifs is 1. The molecule has 5 nitrogen and oxygen atoms in total. The monoisotopic (exact) mass is 350 g/mol. The smallest absolute Gasteiger partial charge is 0.250 e. The molecule has 132 valence electrons. The fourth-order valence-corrected chi connectivity index (χ4v) is 5.07. The van der Waals surface area contributed by atoms with Gasteiger partial charge in [-0.05, 0) is 49.6 Å². The Morgan fingerprint density at radius 2 is 2.29 bits per heavy atom. The van der Waals surface area contributed by atoms with Crippen molar-refractivity contribution in [3.05, 3.63) is 21.9 Å². The van der Waals surface area contributed by atoms with Gasteiger partial charge in [0.2, 0.25) is 0 Å². The van der Waals surface area contributed by atoms with E-state index in [1.807, 2.05) is 11.3 Å². The van der Waals surface area contributed by atoms with Crippen molar-refractivity contribution < 1.29 is 14.4 Å². The maximum Gasteiger partial charge on any atom is 0.250 e. The summed E-state index contributed by atoms with van der Waals surface area (Å²) in [6, 6.07) is 2.63. The summed E-state index contributed by atoms with van der Waals surface area (Å²) in [6.07, 6.45) is 4.20. The minimum Gasteiger partial charge on any atom is -0.377 e. The summed E-state index contributed by atoms with van der Waals surface area (Å²) < 4.78 is 5.95. The van der Waals surface area contributed by atoms with Gasteiger partial charge >= 0.3 is 0 Å². The molecule has 4 heterocycles. The number of amides is 1. The van der Waals surface area contributed by atoms with Gasteiger partial charge in [0.1, 0.15) is 0 Å². The SMILES string of the molecule is Cc1ccsc1CN1C[C@H](C(=O)N2CCCCO2)C[C@@H]2OCC[C@@H]21. The predicted octanol–water partition coefficient (Wildman–Crippen LogP) is 2.59. The maximum atomic E-state index is 12.9. The van der Waals surface area contributed by atoms with Crippen LogP contribution in [0.4, 0.5) is 0 Å². The molecule has 3 aliphatic heterocycles. The molecule has 0 bridgehead atoms. The van der Waals surface area contributed by atoms with Gasteiger partial charge in [-0.2, -0.15) is 0 Å². The molecule has 3 aliphatic rings. The zero-order valence-corrected chi connectivity index (χ0v) is 15.1. The van der Waals surface area contributed by atoms with Gasteiger partial charge in [0.25, 0.3) is 5.91 Å². The molecule has 0 spiro atoms. The number of likely N-dealkylation sites (tertiary alicyclic amines) is 1. The van der Waals surface area contributed by atoms with Crippen LogP contribution in [0.3, 0.4) is 0 Å². The summed E-state index contributed by atoms with van der Waals surface area (Å²) in [7, 11) is 0. The van der Waals surface area contributed by atoms with E-state index in [1.54, 1.807) is 5.06 Å². The first-order valence-electron chi connectivity index (χ1n) is 9.05. The molecular formula is C18H26N2O3S. The lowest BCUT2D eigenvalue weighted by atomic mass is 9.89. The van der Waals surface area contributed by atoms with Crippen molar-refractivity contribution in [1.29, 1.82) is 0 Å². The van der Waals surface area contributed by atoms with E-state index in [0.29, 0.717) is 12.6 Å². The molecule has 4 rings (SSSR count). The normalized spacial score (nSPS) is 31.2. The van der Waals surface area contributed by atoms with Crippen LogP contribution in [0.1, 0.15) is 36.1 Å². The van der Waals surface area contributed by atoms with Crippen LogP contribution in [0.25, 0.3) is 0 Å². The molecule has 0 aliphatic carbocycles. The summed E-state index contributed by atoms with van der Waals surface area (Å²) >= 11 is 1.81. The van der Waals surface area contributed by atoms with Crippen molar-refractivity contribution >= 4 is 17.2 Å². The molecule has 0 N–H and O–H groups in total. The molecule has 0 aromatic carbocycles. The molecule has 1 amide bonds. The first-order valence-corrected chi connectivity index (χ1v) is 9.93. The van der Waals surface area contributed by atoms with Crippen LogP contribution in [-0.4, -0.2) is 54.3 Å². The van der Waals surface area contributed by atoms with Gasteiger partial charge in [-0.25, -0.2) is 5.06 Å². The van der Waals surface area contributed by atoms with E-state index in [0.717, 1.165) is 51.9 Å². The largest absolute Gasteiger partial charge is 0.377 e. The Kier molecular flexibility index (Phi) is 4.90. The third kappa shape index (κ3) is 3.25. The van der Waals surface area contributed by atoms with Crippen molar-refractivity contribution in [2.45, 2.75) is 51.3 Å². The second kappa shape index (κ2) is 7.12. The van der Waals surface area contributed by atoms with Crippen LogP contribution >= 0.6 is 11.3 Å². The Morgan fingerprint density at radius 1 is 1.38 bits per heavy atom. The van der Waals surface area contributed by atoms with Crippen molar-refractivity contribution in [1.82, 2.24) is 9.96 Å². The van der Waals surface area contributed by atoms with Gasteiger partial charge in [0.15, 0.2) is 0 Å². The summed E-state index contributed by atoms with van der Waals surface area (Å²) in [5.41, 5.74) is 1.35. The molecule has 6 heteroatoms. The minimum absolute atomic E-state index is 0.0114. The topological polar surface area (TPSA) is 42.0 Å². The Hall–Kier alpha value is -0.950. The highest BCUT2D eigenvalue weighted by molar-refractivity contribution is 7.10.